The number of rotatable bonds is 3. The van der Waals surface area contributed by atoms with Gasteiger partial charge in [0.15, 0.2) is 11.6 Å². The molecule has 0 spiro atoms. The van der Waals surface area contributed by atoms with Gasteiger partial charge in [0.05, 0.1) is 0 Å². The van der Waals surface area contributed by atoms with E-state index in [-0.39, 0.29) is 5.69 Å². The lowest BCUT2D eigenvalue weighted by molar-refractivity contribution is 0.0690. The molecule has 16 heavy (non-hydrogen) atoms. The molecule has 0 saturated carbocycles. The number of carboxylic acid groups (broad SMARTS) is 1. The van der Waals surface area contributed by atoms with Gasteiger partial charge in [-0.3, -0.25) is 0 Å². The number of halogens is 1. The molecule has 0 radical (unpaired) electrons. The predicted octanol–water partition coefficient (Wildman–Crippen LogP) is 2.73. The van der Waals surface area contributed by atoms with E-state index in [9.17, 15) is 4.79 Å². The molecule has 0 atom stereocenters. The average Bonchev–Trinajstić information content (AvgIpc) is 2.66. The van der Waals surface area contributed by atoms with Gasteiger partial charge in [0.25, 0.3) is 0 Å². The lowest BCUT2D eigenvalue weighted by Gasteiger charge is -1.97. The lowest BCUT2D eigenvalue weighted by Crippen LogP contribution is -1.97. The van der Waals surface area contributed by atoms with Crippen LogP contribution < -0.4 is 0 Å². The molecule has 0 aliphatic carbocycles. The summed E-state index contributed by atoms with van der Waals surface area (Å²) >= 11 is 3.36. The fourth-order valence-corrected chi connectivity index (χ4v) is 1.76. The van der Waals surface area contributed by atoms with Crippen LogP contribution in [0.15, 0.2) is 39.4 Å². The van der Waals surface area contributed by atoms with Gasteiger partial charge in [-0.25, -0.2) is 9.78 Å². The first-order chi connectivity index (χ1) is 7.65. The SMILES string of the molecule is O=C(O)c1coc(Cc2cccc(Br)c2)n1. The minimum absolute atomic E-state index is 0.0648. The highest BCUT2D eigenvalue weighted by Gasteiger charge is 2.10. The van der Waals surface area contributed by atoms with Crippen molar-refractivity contribution in [2.75, 3.05) is 0 Å². The van der Waals surface area contributed by atoms with Crippen LogP contribution in [0.2, 0.25) is 0 Å². The average molecular weight is 282 g/mol. The zero-order valence-electron chi connectivity index (χ0n) is 8.18. The molecule has 1 heterocycles. The fraction of sp³-hybridized carbons (Fsp3) is 0.0909. The molecular weight excluding hydrogens is 274 g/mol. The number of oxazole rings is 1. The highest BCUT2D eigenvalue weighted by Crippen LogP contribution is 2.15. The monoisotopic (exact) mass is 281 g/mol. The molecule has 4 nitrogen and oxygen atoms in total. The lowest BCUT2D eigenvalue weighted by atomic mass is 10.1. The van der Waals surface area contributed by atoms with E-state index < -0.39 is 5.97 Å². The first kappa shape index (κ1) is 10.9. The number of hydrogen-bond donors (Lipinski definition) is 1. The molecule has 2 aromatic rings. The number of hydrogen-bond acceptors (Lipinski definition) is 3. The van der Waals surface area contributed by atoms with Crippen molar-refractivity contribution in [3.8, 4) is 0 Å². The molecule has 0 aliphatic rings. The first-order valence-electron chi connectivity index (χ1n) is 4.57. The summed E-state index contributed by atoms with van der Waals surface area (Å²) in [7, 11) is 0. The first-order valence-corrected chi connectivity index (χ1v) is 5.36. The van der Waals surface area contributed by atoms with E-state index in [0.29, 0.717) is 12.3 Å². The van der Waals surface area contributed by atoms with Gasteiger partial charge < -0.3 is 9.52 Å². The van der Waals surface area contributed by atoms with Gasteiger partial charge in [-0.05, 0) is 17.7 Å². The maximum absolute atomic E-state index is 10.6. The molecule has 0 aliphatic heterocycles. The van der Waals surface area contributed by atoms with E-state index >= 15 is 0 Å². The number of nitrogens with zero attached hydrogens (tertiary/aromatic N) is 1. The van der Waals surface area contributed by atoms with Gasteiger partial charge in [-0.2, -0.15) is 0 Å². The summed E-state index contributed by atoms with van der Waals surface area (Å²) in [4.78, 5) is 14.4. The minimum atomic E-state index is -1.08. The second-order valence-corrected chi connectivity index (χ2v) is 4.15. The summed E-state index contributed by atoms with van der Waals surface area (Å²) in [5.41, 5.74) is 0.943. The molecule has 1 N–H and O–H groups in total. The maximum atomic E-state index is 10.6. The molecule has 1 aromatic heterocycles. The van der Waals surface area contributed by atoms with Crippen LogP contribution in [0.5, 0.6) is 0 Å². The third-order valence-electron chi connectivity index (χ3n) is 2.02. The predicted molar refractivity (Wildman–Crippen MR) is 60.4 cm³/mol. The molecule has 0 unspecified atom stereocenters. The number of carbonyl (C=O) groups is 1. The van der Waals surface area contributed by atoms with Crippen molar-refractivity contribution >= 4 is 21.9 Å². The van der Waals surface area contributed by atoms with E-state index in [4.69, 9.17) is 9.52 Å². The van der Waals surface area contributed by atoms with Crippen molar-refractivity contribution < 1.29 is 14.3 Å². The van der Waals surface area contributed by atoms with Crippen LogP contribution in [-0.2, 0) is 6.42 Å². The van der Waals surface area contributed by atoms with Crippen LogP contribution in [0.4, 0.5) is 0 Å². The van der Waals surface area contributed by atoms with Gasteiger partial charge in [0.2, 0.25) is 0 Å². The fourth-order valence-electron chi connectivity index (χ4n) is 1.31. The van der Waals surface area contributed by atoms with Crippen LogP contribution in [0.25, 0.3) is 0 Å². The van der Waals surface area contributed by atoms with Gasteiger partial charge in [0.1, 0.15) is 6.26 Å². The number of benzene rings is 1. The molecule has 0 fully saturated rings. The molecular formula is C11H8BrNO3. The van der Waals surface area contributed by atoms with Gasteiger partial charge >= 0.3 is 5.97 Å². The second-order valence-electron chi connectivity index (χ2n) is 3.24. The minimum Gasteiger partial charge on any atom is -0.476 e. The normalized spacial score (nSPS) is 10.3. The summed E-state index contributed by atoms with van der Waals surface area (Å²) < 4.78 is 6.03. The zero-order valence-corrected chi connectivity index (χ0v) is 9.77. The number of aromatic carboxylic acids is 1. The van der Waals surface area contributed by atoms with Crippen molar-refractivity contribution in [2.24, 2.45) is 0 Å². The second kappa shape index (κ2) is 4.49. The number of carboxylic acids is 1. The summed E-state index contributed by atoms with van der Waals surface area (Å²) in [6.07, 6.45) is 1.63. The quantitative estimate of drug-likeness (QED) is 0.940. The Morgan fingerprint density at radius 1 is 1.50 bits per heavy atom. The van der Waals surface area contributed by atoms with Crippen LogP contribution in [0.1, 0.15) is 21.9 Å². The van der Waals surface area contributed by atoms with Crippen molar-refractivity contribution in [1.82, 2.24) is 4.98 Å². The Morgan fingerprint density at radius 2 is 2.31 bits per heavy atom. The Hall–Kier alpha value is -1.62. The topological polar surface area (TPSA) is 63.3 Å². The van der Waals surface area contributed by atoms with Crippen LogP contribution in [0.3, 0.4) is 0 Å². The molecule has 2 rings (SSSR count). The van der Waals surface area contributed by atoms with E-state index in [1.807, 2.05) is 24.3 Å². The molecule has 0 saturated heterocycles. The Labute approximate surface area is 100 Å². The Kier molecular flexibility index (Phi) is 3.05. The molecule has 0 bridgehead atoms. The maximum Gasteiger partial charge on any atom is 0.357 e. The zero-order chi connectivity index (χ0) is 11.5. The molecule has 82 valence electrons. The van der Waals surface area contributed by atoms with Gasteiger partial charge in [-0.15, -0.1) is 0 Å². The van der Waals surface area contributed by atoms with E-state index in [1.54, 1.807) is 0 Å². The van der Waals surface area contributed by atoms with Crippen molar-refractivity contribution in [2.45, 2.75) is 6.42 Å². The molecule has 1 aromatic carbocycles. The van der Waals surface area contributed by atoms with Crippen molar-refractivity contribution in [3.63, 3.8) is 0 Å². The Bertz CT molecular complexity index is 521. The third kappa shape index (κ3) is 2.49. The van der Waals surface area contributed by atoms with E-state index in [2.05, 4.69) is 20.9 Å². The van der Waals surface area contributed by atoms with Gasteiger partial charge in [0, 0.05) is 10.9 Å². The standard InChI is InChI=1S/C11H8BrNO3/c12-8-3-1-2-7(4-8)5-10-13-9(6-16-10)11(14)15/h1-4,6H,5H2,(H,14,15). The highest BCUT2D eigenvalue weighted by atomic mass is 79.9. The molecule has 5 heteroatoms. The van der Waals surface area contributed by atoms with Crippen molar-refractivity contribution in [3.05, 3.63) is 52.1 Å². The largest absolute Gasteiger partial charge is 0.476 e. The summed E-state index contributed by atoms with van der Waals surface area (Å²) in [6.45, 7) is 0. The smallest absolute Gasteiger partial charge is 0.357 e. The Morgan fingerprint density at radius 3 is 2.94 bits per heavy atom. The van der Waals surface area contributed by atoms with Crippen molar-refractivity contribution in [1.29, 1.82) is 0 Å². The third-order valence-corrected chi connectivity index (χ3v) is 2.51. The van der Waals surface area contributed by atoms with Gasteiger partial charge in [-0.1, -0.05) is 28.1 Å². The van der Waals surface area contributed by atoms with E-state index in [1.165, 1.54) is 0 Å². The van der Waals surface area contributed by atoms with Crippen LogP contribution in [0, 0.1) is 0 Å². The summed E-state index contributed by atoms with van der Waals surface area (Å²) in [6, 6.07) is 7.68. The summed E-state index contributed by atoms with van der Waals surface area (Å²) in [5, 5.41) is 8.68. The van der Waals surface area contributed by atoms with E-state index in [0.717, 1.165) is 16.3 Å². The highest BCUT2D eigenvalue weighted by molar-refractivity contribution is 9.10. The Balaban J connectivity index is 2.17. The van der Waals surface area contributed by atoms with Crippen LogP contribution in [-0.4, -0.2) is 16.1 Å². The van der Waals surface area contributed by atoms with Crippen LogP contribution >= 0.6 is 15.9 Å². The number of aromatic nitrogens is 1. The summed E-state index contributed by atoms with van der Waals surface area (Å²) in [5.74, 6) is -0.681. The molecule has 0 amide bonds.